The van der Waals surface area contributed by atoms with Crippen LogP contribution in [0.1, 0.15) is 28.8 Å². The third-order valence-corrected chi connectivity index (χ3v) is 4.02. The van der Waals surface area contributed by atoms with Gasteiger partial charge in [-0.25, -0.2) is 4.39 Å². The Kier molecular flexibility index (Phi) is 3.92. The van der Waals surface area contributed by atoms with Gasteiger partial charge in [0.1, 0.15) is 12.4 Å². The zero-order chi connectivity index (χ0) is 14.8. The molecule has 0 saturated heterocycles. The molecule has 5 heteroatoms. The van der Waals surface area contributed by atoms with E-state index in [4.69, 9.17) is 10.5 Å². The molecule has 112 valence electrons. The standard InChI is InChI=1S/C16H19FN2O2/c17-8-11(9-18)10-21-14-3-4-15-12(7-14)5-6-19(16(15)20)13-1-2-13/h3-4,7-8,13H,1-2,5-6,9-10,18H2/b11-8+. The minimum Gasteiger partial charge on any atom is -0.489 e. The number of hydrogen-bond donors (Lipinski definition) is 1. The van der Waals surface area contributed by atoms with Crippen LogP contribution in [0.2, 0.25) is 0 Å². The lowest BCUT2D eigenvalue weighted by Gasteiger charge is -2.28. The van der Waals surface area contributed by atoms with Crippen molar-refractivity contribution in [3.05, 3.63) is 41.2 Å². The maximum atomic E-state index is 12.4. The summed E-state index contributed by atoms with van der Waals surface area (Å²) in [5.74, 6) is 0.769. The van der Waals surface area contributed by atoms with Crippen LogP contribution < -0.4 is 10.5 Å². The summed E-state index contributed by atoms with van der Waals surface area (Å²) in [6.07, 6.45) is 3.58. The highest BCUT2D eigenvalue weighted by Crippen LogP contribution is 2.32. The van der Waals surface area contributed by atoms with Gasteiger partial charge in [0.2, 0.25) is 0 Å². The van der Waals surface area contributed by atoms with Gasteiger partial charge >= 0.3 is 0 Å². The number of rotatable bonds is 5. The summed E-state index contributed by atoms with van der Waals surface area (Å²) in [5.41, 5.74) is 7.57. The fraction of sp³-hybridized carbons (Fsp3) is 0.438. The molecule has 0 radical (unpaired) electrons. The van der Waals surface area contributed by atoms with Crippen molar-refractivity contribution in [3.8, 4) is 5.75 Å². The van der Waals surface area contributed by atoms with E-state index in [1.807, 2.05) is 17.0 Å². The molecule has 3 rings (SSSR count). The number of nitrogens with two attached hydrogens (primary N) is 1. The molecule has 0 atom stereocenters. The van der Waals surface area contributed by atoms with Gasteiger partial charge in [0.15, 0.2) is 0 Å². The van der Waals surface area contributed by atoms with Gasteiger partial charge in [-0.2, -0.15) is 0 Å². The van der Waals surface area contributed by atoms with Crippen LogP contribution in [0.3, 0.4) is 0 Å². The fourth-order valence-corrected chi connectivity index (χ4v) is 2.62. The van der Waals surface area contributed by atoms with Crippen molar-refractivity contribution >= 4 is 5.91 Å². The summed E-state index contributed by atoms with van der Waals surface area (Å²) in [6.45, 7) is 1.04. The molecule has 21 heavy (non-hydrogen) atoms. The monoisotopic (exact) mass is 290 g/mol. The second-order valence-corrected chi connectivity index (χ2v) is 5.56. The van der Waals surface area contributed by atoms with Gasteiger partial charge in [0.05, 0.1) is 6.33 Å². The minimum atomic E-state index is 0.122. The quantitative estimate of drug-likeness (QED) is 0.903. The van der Waals surface area contributed by atoms with Crippen LogP contribution in [0.5, 0.6) is 5.75 Å². The predicted molar refractivity (Wildman–Crippen MR) is 77.9 cm³/mol. The molecule has 1 fully saturated rings. The van der Waals surface area contributed by atoms with Crippen molar-refractivity contribution in [3.63, 3.8) is 0 Å². The number of benzene rings is 1. The second kappa shape index (κ2) is 5.85. The van der Waals surface area contributed by atoms with E-state index < -0.39 is 0 Å². The first-order valence-electron chi connectivity index (χ1n) is 7.28. The van der Waals surface area contributed by atoms with E-state index in [-0.39, 0.29) is 19.1 Å². The van der Waals surface area contributed by atoms with E-state index in [0.717, 1.165) is 36.9 Å². The fourth-order valence-electron chi connectivity index (χ4n) is 2.62. The summed E-state index contributed by atoms with van der Waals surface area (Å²) < 4.78 is 18.0. The van der Waals surface area contributed by atoms with E-state index in [9.17, 15) is 9.18 Å². The van der Waals surface area contributed by atoms with E-state index >= 15 is 0 Å². The Morgan fingerprint density at radius 3 is 2.95 bits per heavy atom. The zero-order valence-electron chi connectivity index (χ0n) is 11.8. The highest BCUT2D eigenvalue weighted by molar-refractivity contribution is 5.97. The van der Waals surface area contributed by atoms with Crippen LogP contribution in [0.25, 0.3) is 0 Å². The van der Waals surface area contributed by atoms with Gasteiger partial charge in [-0.05, 0) is 43.0 Å². The van der Waals surface area contributed by atoms with Crippen molar-refractivity contribution in [2.75, 3.05) is 19.7 Å². The molecule has 1 aromatic carbocycles. The average molecular weight is 290 g/mol. The van der Waals surface area contributed by atoms with Crippen LogP contribution in [-0.2, 0) is 6.42 Å². The molecule has 1 aliphatic heterocycles. The van der Waals surface area contributed by atoms with Crippen molar-refractivity contribution < 1.29 is 13.9 Å². The molecule has 2 N–H and O–H groups in total. The molecule has 1 heterocycles. The second-order valence-electron chi connectivity index (χ2n) is 5.56. The topological polar surface area (TPSA) is 55.6 Å². The van der Waals surface area contributed by atoms with Crippen LogP contribution in [-0.4, -0.2) is 36.5 Å². The molecule has 0 aromatic heterocycles. The Hall–Kier alpha value is -1.88. The van der Waals surface area contributed by atoms with Gasteiger partial charge in [0.25, 0.3) is 5.91 Å². The molecule has 1 amide bonds. The van der Waals surface area contributed by atoms with E-state index in [0.29, 0.717) is 23.7 Å². The first-order valence-corrected chi connectivity index (χ1v) is 7.28. The van der Waals surface area contributed by atoms with Crippen molar-refractivity contribution in [2.24, 2.45) is 5.73 Å². The highest BCUT2D eigenvalue weighted by Gasteiger charge is 2.35. The first kappa shape index (κ1) is 14.1. The number of halogens is 1. The number of carbonyl (C=O) groups is 1. The molecular formula is C16H19FN2O2. The molecule has 2 aliphatic rings. The molecule has 4 nitrogen and oxygen atoms in total. The molecule has 0 spiro atoms. The maximum Gasteiger partial charge on any atom is 0.254 e. The van der Waals surface area contributed by atoms with E-state index in [2.05, 4.69) is 0 Å². The van der Waals surface area contributed by atoms with Crippen LogP contribution in [0, 0.1) is 0 Å². The Labute approximate surface area is 123 Å². The maximum absolute atomic E-state index is 12.4. The first-order chi connectivity index (χ1) is 10.2. The van der Waals surface area contributed by atoms with Crippen LogP contribution in [0.15, 0.2) is 30.1 Å². The largest absolute Gasteiger partial charge is 0.489 e. The zero-order valence-corrected chi connectivity index (χ0v) is 11.8. The average Bonchev–Trinajstić information content (AvgIpc) is 3.33. The number of fused-ring (bicyclic) bond motifs is 1. The lowest BCUT2D eigenvalue weighted by atomic mass is 9.98. The summed E-state index contributed by atoms with van der Waals surface area (Å²) in [6, 6.07) is 5.90. The van der Waals surface area contributed by atoms with Crippen molar-refractivity contribution in [1.82, 2.24) is 4.90 Å². The molecular weight excluding hydrogens is 271 g/mol. The lowest BCUT2D eigenvalue weighted by molar-refractivity contribution is 0.0727. The Morgan fingerprint density at radius 2 is 2.29 bits per heavy atom. The van der Waals surface area contributed by atoms with Crippen molar-refractivity contribution in [2.45, 2.75) is 25.3 Å². The Balaban J connectivity index is 1.72. The molecule has 0 bridgehead atoms. The highest BCUT2D eigenvalue weighted by atomic mass is 19.1. The number of nitrogens with zero attached hydrogens (tertiary/aromatic N) is 1. The van der Waals surface area contributed by atoms with Gasteiger partial charge in [-0.15, -0.1) is 0 Å². The smallest absolute Gasteiger partial charge is 0.254 e. The minimum absolute atomic E-state index is 0.122. The number of hydrogen-bond acceptors (Lipinski definition) is 3. The summed E-state index contributed by atoms with van der Waals surface area (Å²) in [7, 11) is 0. The summed E-state index contributed by atoms with van der Waals surface area (Å²) in [4.78, 5) is 14.4. The van der Waals surface area contributed by atoms with E-state index in [1.165, 1.54) is 0 Å². The predicted octanol–water partition coefficient (Wildman–Crippen LogP) is 2.04. The van der Waals surface area contributed by atoms with Gasteiger partial charge in [-0.1, -0.05) is 0 Å². The van der Waals surface area contributed by atoms with E-state index in [1.54, 1.807) is 6.07 Å². The number of amides is 1. The van der Waals surface area contributed by atoms with Crippen LogP contribution >= 0.6 is 0 Å². The number of carbonyl (C=O) groups excluding carboxylic acids is 1. The van der Waals surface area contributed by atoms with Crippen molar-refractivity contribution in [1.29, 1.82) is 0 Å². The van der Waals surface area contributed by atoms with Gasteiger partial charge in [0, 0.05) is 30.3 Å². The third kappa shape index (κ3) is 2.93. The third-order valence-electron chi connectivity index (χ3n) is 4.02. The van der Waals surface area contributed by atoms with Gasteiger partial charge in [-0.3, -0.25) is 4.79 Å². The lowest BCUT2D eigenvalue weighted by Crippen LogP contribution is -2.39. The normalized spacial score (nSPS) is 18.7. The molecule has 0 unspecified atom stereocenters. The SMILES string of the molecule is NC/C(=C\F)COc1ccc2c(c1)CCN(C1CC1)C2=O. The molecule has 1 saturated carbocycles. The molecule has 1 aromatic rings. The van der Waals surface area contributed by atoms with Crippen LogP contribution in [0.4, 0.5) is 4.39 Å². The Bertz CT molecular complexity index is 582. The molecule has 1 aliphatic carbocycles. The van der Waals surface area contributed by atoms with Gasteiger partial charge < -0.3 is 15.4 Å². The summed E-state index contributed by atoms with van der Waals surface area (Å²) >= 11 is 0. The number of ether oxygens (including phenoxy) is 1. The Morgan fingerprint density at radius 1 is 1.48 bits per heavy atom. The summed E-state index contributed by atoms with van der Waals surface area (Å²) in [5, 5.41) is 0.